The van der Waals surface area contributed by atoms with Gasteiger partial charge in [-0.1, -0.05) is 48.5 Å². The molecule has 3 rings (SSSR count). The third kappa shape index (κ3) is 3.85. The monoisotopic (exact) mass is 281 g/mol. The summed E-state index contributed by atoms with van der Waals surface area (Å²) in [7, 11) is 0. The molecule has 2 heteroatoms. The molecule has 0 radical (unpaired) electrons. The maximum Gasteiger partial charge on any atom is 0.127 e. The first-order chi connectivity index (χ1) is 10.4. The molecule has 21 heavy (non-hydrogen) atoms. The Labute approximate surface area is 127 Å². The second-order valence-corrected chi connectivity index (χ2v) is 5.71. The molecule has 1 aliphatic heterocycles. The minimum Gasteiger partial charge on any atom is -0.493 e. The van der Waals surface area contributed by atoms with Gasteiger partial charge < -0.3 is 10.1 Å². The average Bonchev–Trinajstić information content (AvgIpc) is 2.57. The lowest BCUT2D eigenvalue weighted by molar-refractivity contribution is 0.255. The van der Waals surface area contributed by atoms with Crippen LogP contribution in [0.5, 0.6) is 5.75 Å². The molecule has 0 bridgehead atoms. The van der Waals surface area contributed by atoms with Crippen LogP contribution >= 0.6 is 0 Å². The summed E-state index contributed by atoms with van der Waals surface area (Å²) in [6.45, 7) is 3.12. The molecule has 1 saturated heterocycles. The number of piperidine rings is 1. The van der Waals surface area contributed by atoms with Gasteiger partial charge in [-0.15, -0.1) is 0 Å². The van der Waals surface area contributed by atoms with Crippen LogP contribution < -0.4 is 10.1 Å². The van der Waals surface area contributed by atoms with Crippen LogP contribution in [0.25, 0.3) is 11.1 Å². The molecule has 1 aliphatic rings. The molecular formula is C19H23NO. The van der Waals surface area contributed by atoms with Gasteiger partial charge in [0.05, 0.1) is 6.61 Å². The third-order valence-electron chi connectivity index (χ3n) is 4.15. The minimum absolute atomic E-state index is 0.766. The van der Waals surface area contributed by atoms with Crippen molar-refractivity contribution in [3.05, 3.63) is 54.6 Å². The number of para-hydroxylation sites is 1. The summed E-state index contributed by atoms with van der Waals surface area (Å²) < 4.78 is 6.07. The highest BCUT2D eigenvalue weighted by molar-refractivity contribution is 5.70. The van der Waals surface area contributed by atoms with Crippen molar-refractivity contribution >= 4 is 0 Å². The van der Waals surface area contributed by atoms with E-state index in [0.29, 0.717) is 0 Å². The minimum atomic E-state index is 0.766. The van der Waals surface area contributed by atoms with Crippen LogP contribution in [-0.2, 0) is 0 Å². The van der Waals surface area contributed by atoms with Crippen molar-refractivity contribution in [1.29, 1.82) is 0 Å². The number of benzene rings is 2. The van der Waals surface area contributed by atoms with Gasteiger partial charge in [-0.2, -0.15) is 0 Å². The molecule has 0 aromatic heterocycles. The van der Waals surface area contributed by atoms with Crippen molar-refractivity contribution in [1.82, 2.24) is 5.32 Å². The van der Waals surface area contributed by atoms with Crippen LogP contribution in [0.2, 0.25) is 0 Å². The number of rotatable bonds is 5. The van der Waals surface area contributed by atoms with E-state index in [-0.39, 0.29) is 0 Å². The number of ether oxygens (including phenoxy) is 1. The fourth-order valence-electron chi connectivity index (χ4n) is 2.95. The van der Waals surface area contributed by atoms with E-state index < -0.39 is 0 Å². The molecule has 0 unspecified atom stereocenters. The van der Waals surface area contributed by atoms with Crippen molar-refractivity contribution in [2.24, 2.45) is 5.92 Å². The van der Waals surface area contributed by atoms with Crippen LogP contribution in [0.4, 0.5) is 0 Å². The van der Waals surface area contributed by atoms with Gasteiger partial charge in [-0.25, -0.2) is 0 Å². The van der Waals surface area contributed by atoms with Gasteiger partial charge in [0.2, 0.25) is 0 Å². The Morgan fingerprint density at radius 3 is 2.62 bits per heavy atom. The van der Waals surface area contributed by atoms with Crippen LogP contribution in [0, 0.1) is 5.92 Å². The van der Waals surface area contributed by atoms with Crippen LogP contribution in [-0.4, -0.2) is 19.7 Å². The van der Waals surface area contributed by atoms with E-state index in [2.05, 4.69) is 47.8 Å². The third-order valence-corrected chi connectivity index (χ3v) is 4.15. The zero-order chi connectivity index (χ0) is 14.3. The molecule has 0 saturated carbocycles. The first-order valence-corrected chi connectivity index (χ1v) is 7.91. The van der Waals surface area contributed by atoms with E-state index in [1.807, 2.05) is 12.1 Å². The molecule has 1 N–H and O–H groups in total. The normalized spacial score (nSPS) is 18.4. The summed E-state index contributed by atoms with van der Waals surface area (Å²) in [4.78, 5) is 0. The van der Waals surface area contributed by atoms with Crippen LogP contribution in [0.15, 0.2) is 54.6 Å². The summed E-state index contributed by atoms with van der Waals surface area (Å²) in [5, 5.41) is 3.47. The van der Waals surface area contributed by atoms with E-state index in [4.69, 9.17) is 4.74 Å². The van der Waals surface area contributed by atoms with Gasteiger partial charge in [-0.3, -0.25) is 0 Å². The van der Waals surface area contributed by atoms with Gasteiger partial charge in [-0.05, 0) is 49.9 Å². The second-order valence-electron chi connectivity index (χ2n) is 5.71. The highest BCUT2D eigenvalue weighted by atomic mass is 16.5. The van der Waals surface area contributed by atoms with Crippen molar-refractivity contribution in [2.45, 2.75) is 19.3 Å². The molecule has 2 aromatic rings. The quantitative estimate of drug-likeness (QED) is 0.890. The summed E-state index contributed by atoms with van der Waals surface area (Å²) >= 11 is 0. The molecule has 110 valence electrons. The molecule has 0 aliphatic carbocycles. The van der Waals surface area contributed by atoms with Crippen LogP contribution in [0.1, 0.15) is 19.3 Å². The van der Waals surface area contributed by atoms with E-state index in [0.717, 1.165) is 31.2 Å². The van der Waals surface area contributed by atoms with Gasteiger partial charge in [0, 0.05) is 5.56 Å². The van der Waals surface area contributed by atoms with Gasteiger partial charge in [0.15, 0.2) is 0 Å². The highest BCUT2D eigenvalue weighted by Gasteiger charge is 2.13. The van der Waals surface area contributed by atoms with E-state index >= 15 is 0 Å². The van der Waals surface area contributed by atoms with E-state index in [1.54, 1.807) is 0 Å². The zero-order valence-electron chi connectivity index (χ0n) is 12.4. The maximum absolute atomic E-state index is 6.07. The van der Waals surface area contributed by atoms with Gasteiger partial charge in [0.1, 0.15) is 5.75 Å². The Hall–Kier alpha value is -1.80. The first-order valence-electron chi connectivity index (χ1n) is 7.91. The largest absolute Gasteiger partial charge is 0.493 e. The van der Waals surface area contributed by atoms with Crippen LogP contribution in [0.3, 0.4) is 0 Å². The Balaban J connectivity index is 1.63. The average molecular weight is 281 g/mol. The van der Waals surface area contributed by atoms with Gasteiger partial charge in [0.25, 0.3) is 0 Å². The Bertz CT molecular complexity index is 547. The lowest BCUT2D eigenvalue weighted by Crippen LogP contribution is -2.30. The number of hydrogen-bond acceptors (Lipinski definition) is 2. The molecule has 0 amide bonds. The molecule has 0 spiro atoms. The molecule has 1 fully saturated rings. The predicted molar refractivity (Wildman–Crippen MR) is 87.6 cm³/mol. The topological polar surface area (TPSA) is 21.3 Å². The summed E-state index contributed by atoms with van der Waals surface area (Å²) in [6, 6.07) is 18.8. The highest BCUT2D eigenvalue weighted by Crippen LogP contribution is 2.29. The standard InChI is InChI=1S/C19H23NO/c1-2-8-17(9-3-1)18-10-4-5-11-19(18)21-14-12-16-7-6-13-20-15-16/h1-5,8-11,16,20H,6-7,12-15H2/t16-/m0/s1. The summed E-state index contributed by atoms with van der Waals surface area (Å²) in [5.41, 5.74) is 2.40. The van der Waals surface area contributed by atoms with E-state index in [1.165, 1.54) is 30.5 Å². The Kier molecular flexibility index (Phi) is 4.90. The fraction of sp³-hybridized carbons (Fsp3) is 0.368. The summed E-state index contributed by atoms with van der Waals surface area (Å²) in [5.74, 6) is 1.76. The smallest absolute Gasteiger partial charge is 0.127 e. The lowest BCUT2D eigenvalue weighted by atomic mass is 9.97. The van der Waals surface area contributed by atoms with Crippen molar-refractivity contribution in [3.63, 3.8) is 0 Å². The summed E-state index contributed by atoms with van der Waals surface area (Å²) in [6.07, 6.45) is 3.76. The maximum atomic E-state index is 6.07. The molecule has 1 atom stereocenters. The zero-order valence-corrected chi connectivity index (χ0v) is 12.4. The SMILES string of the molecule is c1ccc(-c2ccccc2OCC[C@@H]2CCCNC2)cc1. The number of nitrogens with one attached hydrogen (secondary N) is 1. The molecule has 2 aromatic carbocycles. The van der Waals surface area contributed by atoms with E-state index in [9.17, 15) is 0 Å². The first kappa shape index (κ1) is 14.2. The van der Waals surface area contributed by atoms with Crippen molar-refractivity contribution in [2.75, 3.05) is 19.7 Å². The molecule has 2 nitrogen and oxygen atoms in total. The molecular weight excluding hydrogens is 258 g/mol. The predicted octanol–water partition coefficient (Wildman–Crippen LogP) is 4.12. The Morgan fingerprint density at radius 1 is 1.00 bits per heavy atom. The van der Waals surface area contributed by atoms with Gasteiger partial charge >= 0.3 is 0 Å². The Morgan fingerprint density at radius 2 is 1.81 bits per heavy atom. The lowest BCUT2D eigenvalue weighted by Gasteiger charge is -2.22. The van der Waals surface area contributed by atoms with Crippen molar-refractivity contribution in [3.8, 4) is 16.9 Å². The van der Waals surface area contributed by atoms with Crippen molar-refractivity contribution < 1.29 is 4.74 Å². The second kappa shape index (κ2) is 7.28. The number of hydrogen-bond donors (Lipinski definition) is 1. The fourth-order valence-corrected chi connectivity index (χ4v) is 2.95. The molecule has 1 heterocycles.